The first-order valence-corrected chi connectivity index (χ1v) is 9.44. The summed E-state index contributed by atoms with van der Waals surface area (Å²) in [4.78, 5) is 36.0. The van der Waals surface area contributed by atoms with Crippen LogP contribution in [0.3, 0.4) is 0 Å². The summed E-state index contributed by atoms with van der Waals surface area (Å²) in [6.45, 7) is 0.0686. The van der Waals surface area contributed by atoms with E-state index < -0.39 is 5.97 Å². The van der Waals surface area contributed by atoms with Gasteiger partial charge in [0.25, 0.3) is 11.5 Å². The van der Waals surface area contributed by atoms with Crippen LogP contribution >= 0.6 is 0 Å². The second-order valence-electron chi connectivity index (χ2n) is 6.49. The molecule has 0 aliphatic rings. The first-order chi connectivity index (χ1) is 14.6. The standard InChI is InChI=1S/C21H22N4O5/c1-29-16-8-6-15(7-9-16)10-12-22-19(26)14-30-20(27)11-13-25-21(28)17-4-2-3-5-18(17)23-24-25/h2-9H,10-14H2,1H3,(H,22,26). The van der Waals surface area contributed by atoms with Crippen molar-refractivity contribution in [1.29, 1.82) is 0 Å². The van der Waals surface area contributed by atoms with Gasteiger partial charge in [-0.2, -0.15) is 0 Å². The van der Waals surface area contributed by atoms with Crippen LogP contribution in [-0.2, 0) is 27.3 Å². The van der Waals surface area contributed by atoms with Gasteiger partial charge in [-0.05, 0) is 36.2 Å². The number of aromatic nitrogens is 3. The monoisotopic (exact) mass is 410 g/mol. The van der Waals surface area contributed by atoms with E-state index in [1.54, 1.807) is 31.4 Å². The van der Waals surface area contributed by atoms with Crippen molar-refractivity contribution in [2.75, 3.05) is 20.3 Å². The van der Waals surface area contributed by atoms with E-state index in [0.29, 0.717) is 23.9 Å². The van der Waals surface area contributed by atoms with Crippen LogP contribution < -0.4 is 15.6 Å². The van der Waals surface area contributed by atoms with Gasteiger partial charge < -0.3 is 14.8 Å². The summed E-state index contributed by atoms with van der Waals surface area (Å²) >= 11 is 0. The average molecular weight is 410 g/mol. The Morgan fingerprint density at radius 1 is 1.10 bits per heavy atom. The molecule has 30 heavy (non-hydrogen) atoms. The number of esters is 1. The summed E-state index contributed by atoms with van der Waals surface area (Å²) in [5, 5.41) is 10.9. The molecule has 3 rings (SSSR count). The molecule has 9 heteroatoms. The predicted molar refractivity (Wildman–Crippen MR) is 109 cm³/mol. The van der Waals surface area contributed by atoms with Gasteiger partial charge in [0.15, 0.2) is 6.61 Å². The molecule has 0 fully saturated rings. The van der Waals surface area contributed by atoms with Crippen LogP contribution in [0.5, 0.6) is 5.75 Å². The van der Waals surface area contributed by atoms with Gasteiger partial charge in [-0.25, -0.2) is 4.68 Å². The van der Waals surface area contributed by atoms with Gasteiger partial charge in [0.05, 0.1) is 25.5 Å². The molecule has 0 aliphatic carbocycles. The number of carbonyl (C=O) groups is 2. The molecule has 2 aromatic carbocycles. The normalized spacial score (nSPS) is 10.6. The Bertz CT molecular complexity index is 1080. The number of amides is 1. The second-order valence-corrected chi connectivity index (χ2v) is 6.49. The summed E-state index contributed by atoms with van der Waals surface area (Å²) in [6, 6.07) is 14.4. The Morgan fingerprint density at radius 2 is 1.87 bits per heavy atom. The molecule has 0 saturated carbocycles. The lowest BCUT2D eigenvalue weighted by molar-refractivity contribution is -0.148. The maximum Gasteiger partial charge on any atom is 0.308 e. The van der Waals surface area contributed by atoms with Crippen molar-refractivity contribution in [3.8, 4) is 5.75 Å². The number of fused-ring (bicyclic) bond motifs is 1. The minimum atomic E-state index is -0.595. The number of hydrogen-bond acceptors (Lipinski definition) is 7. The topological polar surface area (TPSA) is 112 Å². The average Bonchev–Trinajstić information content (AvgIpc) is 2.78. The zero-order valence-electron chi connectivity index (χ0n) is 16.5. The molecule has 0 saturated heterocycles. The quantitative estimate of drug-likeness (QED) is 0.526. The highest BCUT2D eigenvalue weighted by molar-refractivity contribution is 5.80. The molecule has 0 aliphatic heterocycles. The van der Waals surface area contributed by atoms with Gasteiger partial charge >= 0.3 is 5.97 Å². The SMILES string of the molecule is COc1ccc(CCNC(=O)COC(=O)CCn2nnc3ccccc3c2=O)cc1. The molecule has 0 unspecified atom stereocenters. The van der Waals surface area contributed by atoms with Crippen LogP contribution in [0.4, 0.5) is 0 Å². The molecule has 0 bridgehead atoms. The number of ether oxygens (including phenoxy) is 2. The third-order valence-electron chi connectivity index (χ3n) is 4.42. The molecule has 1 aromatic heterocycles. The lowest BCUT2D eigenvalue weighted by atomic mass is 10.1. The number of rotatable bonds is 9. The maximum absolute atomic E-state index is 12.3. The highest BCUT2D eigenvalue weighted by Crippen LogP contribution is 2.11. The van der Waals surface area contributed by atoms with E-state index in [1.807, 2.05) is 24.3 Å². The highest BCUT2D eigenvalue weighted by atomic mass is 16.5. The zero-order chi connectivity index (χ0) is 21.3. The van der Waals surface area contributed by atoms with Crippen molar-refractivity contribution in [2.45, 2.75) is 19.4 Å². The Hall–Kier alpha value is -3.75. The Labute approximate surface area is 172 Å². The molecule has 156 valence electrons. The molecule has 1 amide bonds. The van der Waals surface area contributed by atoms with E-state index in [0.717, 1.165) is 16.0 Å². The maximum atomic E-state index is 12.3. The molecule has 0 spiro atoms. The summed E-state index contributed by atoms with van der Waals surface area (Å²) in [6.07, 6.45) is 0.555. The molecule has 1 heterocycles. The van der Waals surface area contributed by atoms with Crippen LogP contribution in [0, 0.1) is 0 Å². The molecule has 0 radical (unpaired) electrons. The van der Waals surface area contributed by atoms with Gasteiger partial charge in [0, 0.05) is 6.54 Å². The lowest BCUT2D eigenvalue weighted by Crippen LogP contribution is -2.31. The van der Waals surface area contributed by atoms with Crippen LogP contribution in [-0.4, -0.2) is 47.1 Å². The first-order valence-electron chi connectivity index (χ1n) is 9.44. The summed E-state index contributed by atoms with van der Waals surface area (Å²) < 4.78 is 11.2. The lowest BCUT2D eigenvalue weighted by Gasteiger charge is -2.08. The van der Waals surface area contributed by atoms with Crippen LogP contribution in [0.25, 0.3) is 10.9 Å². The first kappa shape index (κ1) is 21.0. The van der Waals surface area contributed by atoms with Crippen molar-refractivity contribution in [1.82, 2.24) is 20.3 Å². The minimum Gasteiger partial charge on any atom is -0.497 e. The number of benzene rings is 2. The molecule has 3 aromatic rings. The summed E-state index contributed by atoms with van der Waals surface area (Å²) in [7, 11) is 1.60. The fraction of sp³-hybridized carbons (Fsp3) is 0.286. The van der Waals surface area contributed by atoms with E-state index in [2.05, 4.69) is 15.6 Å². The Morgan fingerprint density at radius 3 is 2.63 bits per heavy atom. The number of aryl methyl sites for hydroxylation is 1. The van der Waals surface area contributed by atoms with Gasteiger partial charge in [-0.15, -0.1) is 5.10 Å². The van der Waals surface area contributed by atoms with Crippen LogP contribution in [0.15, 0.2) is 53.3 Å². The number of nitrogens with zero attached hydrogens (tertiary/aromatic N) is 3. The van der Waals surface area contributed by atoms with Crippen LogP contribution in [0.1, 0.15) is 12.0 Å². The van der Waals surface area contributed by atoms with E-state index in [9.17, 15) is 14.4 Å². The second kappa shape index (κ2) is 10.1. The van der Waals surface area contributed by atoms with E-state index in [4.69, 9.17) is 9.47 Å². The smallest absolute Gasteiger partial charge is 0.308 e. The van der Waals surface area contributed by atoms with Gasteiger partial charge in [-0.3, -0.25) is 14.4 Å². The van der Waals surface area contributed by atoms with Crippen molar-refractivity contribution >= 4 is 22.8 Å². The Kier molecular flexibility index (Phi) is 7.09. The van der Waals surface area contributed by atoms with Gasteiger partial charge in [0.2, 0.25) is 0 Å². The molecular formula is C21H22N4O5. The van der Waals surface area contributed by atoms with Crippen molar-refractivity contribution < 1.29 is 19.1 Å². The van der Waals surface area contributed by atoms with Crippen molar-refractivity contribution in [3.63, 3.8) is 0 Å². The number of carbonyl (C=O) groups excluding carboxylic acids is 2. The fourth-order valence-electron chi connectivity index (χ4n) is 2.77. The van der Waals surface area contributed by atoms with E-state index >= 15 is 0 Å². The number of nitrogens with one attached hydrogen (secondary N) is 1. The molecule has 0 atom stereocenters. The zero-order valence-corrected chi connectivity index (χ0v) is 16.5. The van der Waals surface area contributed by atoms with Gasteiger partial charge in [0.1, 0.15) is 11.3 Å². The third-order valence-corrected chi connectivity index (χ3v) is 4.42. The van der Waals surface area contributed by atoms with Crippen molar-refractivity contribution in [2.24, 2.45) is 0 Å². The number of hydrogen-bond donors (Lipinski definition) is 1. The third kappa shape index (κ3) is 5.63. The minimum absolute atomic E-state index is 0.0224. The predicted octanol–water partition coefficient (Wildman–Crippen LogP) is 1.09. The molecule has 1 N–H and O–H groups in total. The van der Waals surface area contributed by atoms with E-state index in [1.165, 1.54) is 0 Å². The van der Waals surface area contributed by atoms with Crippen molar-refractivity contribution in [3.05, 3.63) is 64.4 Å². The summed E-state index contributed by atoms with van der Waals surface area (Å²) in [5.41, 5.74) is 1.22. The fourth-order valence-corrected chi connectivity index (χ4v) is 2.77. The highest BCUT2D eigenvalue weighted by Gasteiger charge is 2.10. The molecular weight excluding hydrogens is 388 g/mol. The largest absolute Gasteiger partial charge is 0.497 e. The number of methoxy groups -OCH3 is 1. The Balaban J connectivity index is 1.38. The molecule has 9 nitrogen and oxygen atoms in total. The van der Waals surface area contributed by atoms with Crippen LogP contribution in [0.2, 0.25) is 0 Å². The van der Waals surface area contributed by atoms with Gasteiger partial charge in [-0.1, -0.05) is 29.5 Å². The van der Waals surface area contributed by atoms with E-state index in [-0.39, 0.29) is 31.0 Å². The summed E-state index contributed by atoms with van der Waals surface area (Å²) in [5.74, 6) is -0.215.